The van der Waals surface area contributed by atoms with Gasteiger partial charge in [-0.1, -0.05) is 23.7 Å². The second-order valence-electron chi connectivity index (χ2n) is 6.04. The van der Waals surface area contributed by atoms with Crippen molar-refractivity contribution < 1.29 is 9.13 Å². The number of nitrogens with zero attached hydrogens (tertiary/aromatic N) is 1. The molecule has 0 aliphatic carbocycles. The SMILES string of the molecule is Nc1ccc2nc(NCc3ccc(Oc4ccc(F)c(Cl)c4)cc3)[nH]c2c1. The second-order valence-corrected chi connectivity index (χ2v) is 6.44. The molecular weight excluding hydrogens is 367 g/mol. The monoisotopic (exact) mass is 382 g/mol. The molecule has 136 valence electrons. The number of aromatic nitrogens is 2. The number of halogens is 2. The summed E-state index contributed by atoms with van der Waals surface area (Å²) in [4.78, 5) is 7.66. The van der Waals surface area contributed by atoms with Crippen molar-refractivity contribution in [3.05, 3.63) is 77.1 Å². The Bertz CT molecular complexity index is 1100. The van der Waals surface area contributed by atoms with Crippen molar-refractivity contribution in [2.45, 2.75) is 6.54 Å². The third kappa shape index (κ3) is 3.96. The maximum Gasteiger partial charge on any atom is 0.201 e. The second kappa shape index (κ2) is 7.17. The van der Waals surface area contributed by atoms with Gasteiger partial charge in [0.05, 0.1) is 16.1 Å². The fourth-order valence-electron chi connectivity index (χ4n) is 2.65. The molecule has 0 saturated heterocycles. The summed E-state index contributed by atoms with van der Waals surface area (Å²) in [6.45, 7) is 0.595. The number of benzene rings is 3. The molecule has 1 heterocycles. The molecule has 0 radical (unpaired) electrons. The summed E-state index contributed by atoms with van der Waals surface area (Å²) in [5.74, 6) is 1.32. The van der Waals surface area contributed by atoms with Crippen molar-refractivity contribution in [3.63, 3.8) is 0 Å². The van der Waals surface area contributed by atoms with Gasteiger partial charge in [-0.3, -0.25) is 0 Å². The molecule has 0 atom stereocenters. The number of nitrogen functional groups attached to an aromatic ring is 1. The van der Waals surface area contributed by atoms with Crippen molar-refractivity contribution in [1.82, 2.24) is 9.97 Å². The predicted molar refractivity (Wildman–Crippen MR) is 106 cm³/mol. The fraction of sp³-hybridized carbons (Fsp3) is 0.0500. The number of ether oxygens (including phenoxy) is 1. The topological polar surface area (TPSA) is 76.0 Å². The highest BCUT2D eigenvalue weighted by Gasteiger charge is 2.05. The zero-order valence-electron chi connectivity index (χ0n) is 14.2. The Morgan fingerprint density at radius 2 is 1.81 bits per heavy atom. The number of H-pyrrole nitrogens is 1. The van der Waals surface area contributed by atoms with Gasteiger partial charge in [0.25, 0.3) is 0 Å². The van der Waals surface area contributed by atoms with Crippen LogP contribution in [0, 0.1) is 5.82 Å². The van der Waals surface area contributed by atoms with Gasteiger partial charge in [0.2, 0.25) is 5.95 Å². The first-order chi connectivity index (χ1) is 13.1. The normalized spacial score (nSPS) is 10.9. The summed E-state index contributed by atoms with van der Waals surface area (Å²) >= 11 is 5.76. The molecule has 3 aromatic carbocycles. The third-order valence-corrected chi connectivity index (χ3v) is 4.31. The first kappa shape index (κ1) is 17.2. The number of rotatable bonds is 5. The van der Waals surface area contributed by atoms with Crippen LogP contribution >= 0.6 is 11.6 Å². The van der Waals surface area contributed by atoms with E-state index in [1.807, 2.05) is 42.5 Å². The Morgan fingerprint density at radius 1 is 1.04 bits per heavy atom. The van der Waals surface area contributed by atoms with E-state index in [0.29, 0.717) is 29.7 Å². The summed E-state index contributed by atoms with van der Waals surface area (Å²) < 4.78 is 18.9. The molecule has 0 saturated carbocycles. The Morgan fingerprint density at radius 3 is 2.59 bits per heavy atom. The number of fused-ring (bicyclic) bond motifs is 1. The molecule has 0 spiro atoms. The number of hydrogen-bond acceptors (Lipinski definition) is 4. The minimum absolute atomic E-state index is 0.0286. The molecule has 1 aromatic heterocycles. The van der Waals surface area contributed by atoms with Gasteiger partial charge in [0.1, 0.15) is 17.3 Å². The lowest BCUT2D eigenvalue weighted by atomic mass is 10.2. The standard InChI is InChI=1S/C20H16ClFN4O/c21-16-10-15(6-7-17(16)22)27-14-4-1-12(2-5-14)11-24-20-25-18-8-3-13(23)9-19(18)26-20/h1-10H,11,23H2,(H2,24,25,26). The molecule has 4 aromatic rings. The maximum atomic E-state index is 13.2. The van der Waals surface area contributed by atoms with E-state index in [1.165, 1.54) is 18.2 Å². The number of anilines is 2. The molecule has 0 aliphatic heterocycles. The lowest BCUT2D eigenvalue weighted by Crippen LogP contribution is -2.00. The van der Waals surface area contributed by atoms with Gasteiger partial charge in [-0.2, -0.15) is 0 Å². The Kier molecular flexibility index (Phi) is 4.56. The van der Waals surface area contributed by atoms with Gasteiger partial charge in [0, 0.05) is 18.3 Å². The lowest BCUT2D eigenvalue weighted by molar-refractivity contribution is 0.480. The van der Waals surface area contributed by atoms with Crippen LogP contribution in [0.5, 0.6) is 11.5 Å². The minimum Gasteiger partial charge on any atom is -0.457 e. The summed E-state index contributed by atoms with van der Waals surface area (Å²) in [5.41, 5.74) is 9.27. The van der Waals surface area contributed by atoms with Crippen LogP contribution in [-0.4, -0.2) is 9.97 Å². The van der Waals surface area contributed by atoms with E-state index in [4.69, 9.17) is 22.1 Å². The molecule has 7 heteroatoms. The van der Waals surface area contributed by atoms with E-state index in [-0.39, 0.29) is 5.02 Å². The summed E-state index contributed by atoms with van der Waals surface area (Å²) in [6, 6.07) is 17.4. The van der Waals surface area contributed by atoms with Gasteiger partial charge in [0.15, 0.2) is 0 Å². The molecular formula is C20H16ClFN4O. The molecule has 0 unspecified atom stereocenters. The quantitative estimate of drug-likeness (QED) is 0.407. The number of aromatic amines is 1. The van der Waals surface area contributed by atoms with Crippen molar-refractivity contribution in [1.29, 1.82) is 0 Å². The van der Waals surface area contributed by atoms with Crippen LogP contribution in [0.1, 0.15) is 5.56 Å². The number of imidazole rings is 1. The fourth-order valence-corrected chi connectivity index (χ4v) is 2.82. The Labute approximate surface area is 159 Å². The van der Waals surface area contributed by atoms with Crippen LogP contribution in [0.25, 0.3) is 11.0 Å². The highest BCUT2D eigenvalue weighted by Crippen LogP contribution is 2.26. The van der Waals surface area contributed by atoms with Crippen LogP contribution in [0.3, 0.4) is 0 Å². The molecule has 0 amide bonds. The smallest absolute Gasteiger partial charge is 0.201 e. The van der Waals surface area contributed by atoms with E-state index in [0.717, 1.165) is 16.6 Å². The van der Waals surface area contributed by atoms with E-state index < -0.39 is 5.82 Å². The van der Waals surface area contributed by atoms with Crippen LogP contribution in [-0.2, 0) is 6.54 Å². The summed E-state index contributed by atoms with van der Waals surface area (Å²) in [7, 11) is 0. The first-order valence-corrected chi connectivity index (χ1v) is 8.65. The van der Waals surface area contributed by atoms with Crippen LogP contribution < -0.4 is 15.8 Å². The van der Waals surface area contributed by atoms with Gasteiger partial charge in [-0.15, -0.1) is 0 Å². The number of hydrogen-bond donors (Lipinski definition) is 3. The number of nitrogens with one attached hydrogen (secondary N) is 2. The van der Waals surface area contributed by atoms with Gasteiger partial charge < -0.3 is 20.8 Å². The van der Waals surface area contributed by atoms with E-state index >= 15 is 0 Å². The molecule has 4 N–H and O–H groups in total. The molecule has 0 aliphatic rings. The average Bonchev–Trinajstić information content (AvgIpc) is 3.06. The first-order valence-electron chi connectivity index (χ1n) is 8.28. The van der Waals surface area contributed by atoms with E-state index in [1.54, 1.807) is 0 Å². The van der Waals surface area contributed by atoms with E-state index in [2.05, 4.69) is 15.3 Å². The Balaban J connectivity index is 1.40. The summed E-state index contributed by atoms with van der Waals surface area (Å²) in [5, 5.41) is 3.27. The van der Waals surface area contributed by atoms with Gasteiger partial charge >= 0.3 is 0 Å². The number of nitrogens with two attached hydrogens (primary N) is 1. The molecule has 0 bridgehead atoms. The van der Waals surface area contributed by atoms with E-state index in [9.17, 15) is 4.39 Å². The zero-order chi connectivity index (χ0) is 18.8. The van der Waals surface area contributed by atoms with Crippen molar-refractivity contribution in [2.24, 2.45) is 0 Å². The Hall–Kier alpha value is -3.25. The maximum absolute atomic E-state index is 13.2. The van der Waals surface area contributed by atoms with Crippen molar-refractivity contribution >= 4 is 34.3 Å². The minimum atomic E-state index is -0.473. The van der Waals surface area contributed by atoms with Gasteiger partial charge in [-0.05, 0) is 48.0 Å². The highest BCUT2D eigenvalue weighted by molar-refractivity contribution is 6.30. The lowest BCUT2D eigenvalue weighted by Gasteiger charge is -2.08. The molecule has 27 heavy (non-hydrogen) atoms. The highest BCUT2D eigenvalue weighted by atomic mass is 35.5. The van der Waals surface area contributed by atoms with Crippen LogP contribution in [0.4, 0.5) is 16.0 Å². The molecule has 4 rings (SSSR count). The van der Waals surface area contributed by atoms with Crippen LogP contribution in [0.15, 0.2) is 60.7 Å². The average molecular weight is 383 g/mol. The molecule has 5 nitrogen and oxygen atoms in total. The van der Waals surface area contributed by atoms with Crippen molar-refractivity contribution in [2.75, 3.05) is 11.1 Å². The zero-order valence-corrected chi connectivity index (χ0v) is 14.9. The van der Waals surface area contributed by atoms with Crippen LogP contribution in [0.2, 0.25) is 5.02 Å². The predicted octanol–water partition coefficient (Wildman–Crippen LogP) is 5.34. The molecule has 0 fully saturated rings. The van der Waals surface area contributed by atoms with Gasteiger partial charge in [-0.25, -0.2) is 9.37 Å². The third-order valence-electron chi connectivity index (χ3n) is 4.02. The summed E-state index contributed by atoms with van der Waals surface area (Å²) in [6.07, 6.45) is 0. The van der Waals surface area contributed by atoms with Crippen molar-refractivity contribution in [3.8, 4) is 11.5 Å². The largest absolute Gasteiger partial charge is 0.457 e.